The molecule has 0 heterocycles. The van der Waals surface area contributed by atoms with Gasteiger partial charge in [0.25, 0.3) is 0 Å². The fourth-order valence-corrected chi connectivity index (χ4v) is 2.08. The molecule has 0 aliphatic rings. The molecule has 0 amide bonds. The summed E-state index contributed by atoms with van der Waals surface area (Å²) >= 11 is 1.76. The van der Waals surface area contributed by atoms with E-state index in [0.717, 1.165) is 6.42 Å². The smallest absolute Gasteiger partial charge is 0.110 e. The van der Waals surface area contributed by atoms with Crippen LogP contribution < -0.4 is 0 Å². The predicted molar refractivity (Wildman–Crippen MR) is 67.1 cm³/mol. The van der Waals surface area contributed by atoms with Crippen LogP contribution in [0.5, 0.6) is 0 Å². The standard InChI is InChI=1S/C13H18OS/c1-11(2)9-10-13(14-3)15-12-7-5-4-6-8-12/h4-9,13H,10H2,1-3H3. The molecule has 0 N–H and O–H groups in total. The second kappa shape index (κ2) is 6.70. The predicted octanol–water partition coefficient (Wildman–Crippen LogP) is 4.11. The molecular formula is C13H18OS. The Kier molecular flexibility index (Phi) is 5.51. The normalized spacial score (nSPS) is 12.2. The van der Waals surface area contributed by atoms with Crippen molar-refractivity contribution in [2.45, 2.75) is 30.6 Å². The van der Waals surface area contributed by atoms with Gasteiger partial charge in [0.2, 0.25) is 0 Å². The molecule has 0 radical (unpaired) electrons. The van der Waals surface area contributed by atoms with Gasteiger partial charge < -0.3 is 4.74 Å². The summed E-state index contributed by atoms with van der Waals surface area (Å²) < 4.78 is 5.42. The van der Waals surface area contributed by atoms with Crippen molar-refractivity contribution in [3.8, 4) is 0 Å². The number of rotatable bonds is 5. The van der Waals surface area contributed by atoms with Crippen LogP contribution in [0.2, 0.25) is 0 Å². The van der Waals surface area contributed by atoms with Gasteiger partial charge in [-0.2, -0.15) is 0 Å². The van der Waals surface area contributed by atoms with Crippen molar-refractivity contribution in [2.24, 2.45) is 0 Å². The zero-order valence-electron chi connectivity index (χ0n) is 9.57. The quantitative estimate of drug-likeness (QED) is 0.421. The largest absolute Gasteiger partial charge is 0.370 e. The third kappa shape index (κ3) is 5.05. The molecule has 1 aromatic carbocycles. The van der Waals surface area contributed by atoms with Crippen LogP contribution in [0.1, 0.15) is 20.3 Å². The van der Waals surface area contributed by atoms with Crippen molar-refractivity contribution in [2.75, 3.05) is 7.11 Å². The molecule has 1 atom stereocenters. The second-order valence-electron chi connectivity index (χ2n) is 3.61. The Labute approximate surface area is 96.5 Å². The van der Waals surface area contributed by atoms with Gasteiger partial charge in [-0.05, 0) is 26.0 Å². The number of ether oxygens (including phenoxy) is 1. The third-order valence-corrected chi connectivity index (χ3v) is 3.18. The summed E-state index contributed by atoms with van der Waals surface area (Å²) in [5.41, 5.74) is 1.55. The van der Waals surface area contributed by atoms with Crippen LogP contribution in [0.25, 0.3) is 0 Å². The molecule has 0 fully saturated rings. The summed E-state index contributed by atoms with van der Waals surface area (Å²) in [6.45, 7) is 4.22. The van der Waals surface area contributed by atoms with Crippen molar-refractivity contribution in [3.63, 3.8) is 0 Å². The number of thioether (sulfide) groups is 1. The number of hydrogen-bond acceptors (Lipinski definition) is 2. The molecule has 1 unspecified atom stereocenters. The lowest BCUT2D eigenvalue weighted by Gasteiger charge is -2.12. The summed E-state index contributed by atoms with van der Waals surface area (Å²) in [6, 6.07) is 10.4. The maximum absolute atomic E-state index is 5.42. The average Bonchev–Trinajstić information content (AvgIpc) is 2.25. The molecule has 0 aromatic heterocycles. The van der Waals surface area contributed by atoms with E-state index in [-0.39, 0.29) is 5.44 Å². The first-order chi connectivity index (χ1) is 7.22. The van der Waals surface area contributed by atoms with Gasteiger partial charge in [-0.25, -0.2) is 0 Å². The lowest BCUT2D eigenvalue weighted by Crippen LogP contribution is -2.03. The summed E-state index contributed by atoms with van der Waals surface area (Å²) in [5.74, 6) is 0. The molecular weight excluding hydrogens is 204 g/mol. The van der Waals surface area contributed by atoms with Gasteiger partial charge in [0.1, 0.15) is 5.44 Å². The molecule has 15 heavy (non-hydrogen) atoms. The van der Waals surface area contributed by atoms with Gasteiger partial charge in [-0.3, -0.25) is 0 Å². The fraction of sp³-hybridized carbons (Fsp3) is 0.385. The Morgan fingerprint density at radius 2 is 2.00 bits per heavy atom. The van der Waals surface area contributed by atoms with Crippen LogP contribution in [0, 0.1) is 0 Å². The van der Waals surface area contributed by atoms with Crippen molar-refractivity contribution in [1.29, 1.82) is 0 Å². The monoisotopic (exact) mass is 222 g/mol. The maximum atomic E-state index is 5.42. The van der Waals surface area contributed by atoms with E-state index in [1.165, 1.54) is 10.5 Å². The van der Waals surface area contributed by atoms with Crippen molar-refractivity contribution >= 4 is 11.8 Å². The van der Waals surface area contributed by atoms with Gasteiger partial charge in [0, 0.05) is 18.4 Å². The van der Waals surface area contributed by atoms with Crippen LogP contribution in [-0.2, 0) is 4.74 Å². The van der Waals surface area contributed by atoms with E-state index in [4.69, 9.17) is 4.74 Å². The number of allylic oxidation sites excluding steroid dienone is 1. The molecule has 0 aliphatic carbocycles. The van der Waals surface area contributed by atoms with E-state index in [1.54, 1.807) is 18.9 Å². The summed E-state index contributed by atoms with van der Waals surface area (Å²) in [4.78, 5) is 1.26. The van der Waals surface area contributed by atoms with Crippen molar-refractivity contribution in [3.05, 3.63) is 42.0 Å². The molecule has 1 aromatic rings. The van der Waals surface area contributed by atoms with Crippen LogP contribution in [-0.4, -0.2) is 12.5 Å². The Hall–Kier alpha value is -0.730. The SMILES string of the molecule is COC(CC=C(C)C)Sc1ccccc1. The Morgan fingerprint density at radius 1 is 1.33 bits per heavy atom. The highest BCUT2D eigenvalue weighted by atomic mass is 32.2. The first kappa shape index (κ1) is 12.3. The fourth-order valence-electron chi connectivity index (χ4n) is 1.18. The van der Waals surface area contributed by atoms with Crippen molar-refractivity contribution < 1.29 is 4.74 Å². The Bertz CT molecular complexity index is 302. The highest BCUT2D eigenvalue weighted by Gasteiger charge is 2.06. The van der Waals surface area contributed by atoms with Crippen LogP contribution >= 0.6 is 11.8 Å². The lowest BCUT2D eigenvalue weighted by atomic mass is 10.3. The minimum Gasteiger partial charge on any atom is -0.370 e. The molecule has 0 saturated carbocycles. The molecule has 0 spiro atoms. The highest BCUT2D eigenvalue weighted by Crippen LogP contribution is 2.25. The van der Waals surface area contributed by atoms with E-state index in [1.807, 2.05) is 6.07 Å². The van der Waals surface area contributed by atoms with Gasteiger partial charge in [0.15, 0.2) is 0 Å². The van der Waals surface area contributed by atoms with Crippen LogP contribution in [0.3, 0.4) is 0 Å². The Morgan fingerprint density at radius 3 is 2.53 bits per heavy atom. The molecule has 0 saturated heterocycles. The molecule has 2 heteroatoms. The minimum atomic E-state index is 0.210. The van der Waals surface area contributed by atoms with Gasteiger partial charge in [0.05, 0.1) is 0 Å². The van der Waals surface area contributed by atoms with Crippen LogP contribution in [0.4, 0.5) is 0 Å². The van der Waals surface area contributed by atoms with Gasteiger partial charge >= 0.3 is 0 Å². The zero-order valence-corrected chi connectivity index (χ0v) is 10.4. The lowest BCUT2D eigenvalue weighted by molar-refractivity contribution is 0.175. The molecule has 0 aliphatic heterocycles. The van der Waals surface area contributed by atoms with E-state index in [2.05, 4.69) is 44.2 Å². The highest BCUT2D eigenvalue weighted by molar-refractivity contribution is 7.99. The summed E-state index contributed by atoms with van der Waals surface area (Å²) in [7, 11) is 1.76. The van der Waals surface area contributed by atoms with Gasteiger partial charge in [-0.1, -0.05) is 41.6 Å². The average molecular weight is 222 g/mol. The first-order valence-corrected chi connectivity index (χ1v) is 5.98. The minimum absolute atomic E-state index is 0.210. The van der Waals surface area contributed by atoms with Crippen LogP contribution in [0.15, 0.2) is 46.9 Å². The number of benzene rings is 1. The van der Waals surface area contributed by atoms with E-state index >= 15 is 0 Å². The molecule has 0 bridgehead atoms. The first-order valence-electron chi connectivity index (χ1n) is 5.10. The Balaban J connectivity index is 2.51. The maximum Gasteiger partial charge on any atom is 0.110 e. The van der Waals surface area contributed by atoms with E-state index < -0.39 is 0 Å². The third-order valence-electron chi connectivity index (χ3n) is 1.99. The summed E-state index contributed by atoms with van der Waals surface area (Å²) in [6.07, 6.45) is 3.17. The van der Waals surface area contributed by atoms with E-state index in [0.29, 0.717) is 0 Å². The molecule has 82 valence electrons. The second-order valence-corrected chi connectivity index (χ2v) is 4.85. The summed E-state index contributed by atoms with van der Waals surface area (Å²) in [5, 5.41) is 0. The zero-order chi connectivity index (χ0) is 11.1. The van der Waals surface area contributed by atoms with Gasteiger partial charge in [-0.15, -0.1) is 0 Å². The number of methoxy groups -OCH3 is 1. The topological polar surface area (TPSA) is 9.23 Å². The molecule has 1 nitrogen and oxygen atoms in total. The van der Waals surface area contributed by atoms with Crippen molar-refractivity contribution in [1.82, 2.24) is 0 Å². The van der Waals surface area contributed by atoms with E-state index in [9.17, 15) is 0 Å². The molecule has 1 rings (SSSR count). The number of hydrogen-bond donors (Lipinski definition) is 0.